The highest BCUT2D eigenvalue weighted by Gasteiger charge is 2.19. The van der Waals surface area contributed by atoms with Gasteiger partial charge < -0.3 is 0 Å². The van der Waals surface area contributed by atoms with Crippen molar-refractivity contribution in [3.63, 3.8) is 0 Å². The molecule has 3 aromatic heterocycles. The lowest BCUT2D eigenvalue weighted by Gasteiger charge is -2.08. The number of hydrogen-bond acceptors (Lipinski definition) is 8. The number of nitrogens with zero attached hydrogens (tertiary/aromatic N) is 5. The number of amides is 1. The standard InChI is InChI=1S/C16H18N6OS3/c1-4-6-22-14(12-7-24-10(3)11(12)5-2)19-21-16(22)25-8-13(23)18-15-20-17-9-26-15/h4,7,9H,1,5-6,8H2,2-3H3,(H,18,20,23). The van der Waals surface area contributed by atoms with Gasteiger partial charge in [0.25, 0.3) is 0 Å². The van der Waals surface area contributed by atoms with E-state index in [1.807, 2.05) is 10.6 Å². The Bertz CT molecular complexity index is 899. The van der Waals surface area contributed by atoms with E-state index >= 15 is 0 Å². The van der Waals surface area contributed by atoms with Gasteiger partial charge in [0.1, 0.15) is 5.51 Å². The molecule has 0 saturated heterocycles. The smallest absolute Gasteiger partial charge is 0.236 e. The minimum atomic E-state index is -0.151. The van der Waals surface area contributed by atoms with E-state index < -0.39 is 0 Å². The molecule has 0 spiro atoms. The Morgan fingerprint density at radius 1 is 1.38 bits per heavy atom. The van der Waals surface area contributed by atoms with Gasteiger partial charge in [0.2, 0.25) is 11.0 Å². The minimum Gasteiger partial charge on any atom is -0.300 e. The molecule has 26 heavy (non-hydrogen) atoms. The summed E-state index contributed by atoms with van der Waals surface area (Å²) in [6, 6.07) is 0. The lowest BCUT2D eigenvalue weighted by atomic mass is 10.1. The summed E-state index contributed by atoms with van der Waals surface area (Å²) in [7, 11) is 0. The molecule has 0 atom stereocenters. The number of allylic oxidation sites excluding steroid dienone is 1. The van der Waals surface area contributed by atoms with Crippen molar-refractivity contribution in [2.45, 2.75) is 32.0 Å². The van der Waals surface area contributed by atoms with Crippen molar-refractivity contribution in [1.29, 1.82) is 0 Å². The van der Waals surface area contributed by atoms with Crippen molar-refractivity contribution >= 4 is 45.5 Å². The van der Waals surface area contributed by atoms with E-state index in [0.717, 1.165) is 17.8 Å². The zero-order chi connectivity index (χ0) is 18.5. The number of anilines is 1. The van der Waals surface area contributed by atoms with Crippen molar-refractivity contribution in [3.8, 4) is 11.4 Å². The molecule has 0 aliphatic heterocycles. The van der Waals surface area contributed by atoms with E-state index in [4.69, 9.17) is 0 Å². The number of nitrogens with one attached hydrogen (secondary N) is 1. The summed E-state index contributed by atoms with van der Waals surface area (Å²) in [4.78, 5) is 13.4. The average molecular weight is 407 g/mol. The Balaban J connectivity index is 1.78. The van der Waals surface area contributed by atoms with Gasteiger partial charge in [-0.05, 0) is 18.9 Å². The third-order valence-electron chi connectivity index (χ3n) is 3.67. The van der Waals surface area contributed by atoms with E-state index in [1.54, 1.807) is 16.8 Å². The number of aryl methyl sites for hydroxylation is 1. The van der Waals surface area contributed by atoms with Crippen molar-refractivity contribution < 1.29 is 4.79 Å². The molecule has 0 saturated carbocycles. The van der Waals surface area contributed by atoms with Crippen LogP contribution in [0.4, 0.5) is 5.13 Å². The molecule has 0 fully saturated rings. The van der Waals surface area contributed by atoms with Gasteiger partial charge in [-0.25, -0.2) is 0 Å². The predicted octanol–water partition coefficient (Wildman–Crippen LogP) is 3.65. The van der Waals surface area contributed by atoms with Crippen molar-refractivity contribution in [3.05, 3.63) is 34.0 Å². The molecular formula is C16H18N6OS3. The van der Waals surface area contributed by atoms with Gasteiger partial charge in [0, 0.05) is 22.4 Å². The van der Waals surface area contributed by atoms with Crippen LogP contribution in [0.1, 0.15) is 17.4 Å². The highest BCUT2D eigenvalue weighted by molar-refractivity contribution is 7.99. The Kier molecular flexibility index (Phi) is 6.17. The van der Waals surface area contributed by atoms with Crippen molar-refractivity contribution in [2.24, 2.45) is 0 Å². The average Bonchev–Trinajstić information content (AvgIpc) is 3.34. The molecule has 3 rings (SSSR count). The quantitative estimate of drug-likeness (QED) is 0.454. The van der Waals surface area contributed by atoms with Crippen LogP contribution < -0.4 is 5.32 Å². The predicted molar refractivity (Wildman–Crippen MR) is 107 cm³/mol. The van der Waals surface area contributed by atoms with Crippen LogP contribution in [0.5, 0.6) is 0 Å². The fourth-order valence-electron chi connectivity index (χ4n) is 2.51. The SMILES string of the molecule is C=CCn1c(SCC(=O)Nc2nncs2)nnc1-c1csc(C)c1CC. The van der Waals surface area contributed by atoms with Crippen LogP contribution in [0.25, 0.3) is 11.4 Å². The second-order valence-electron chi connectivity index (χ2n) is 5.32. The summed E-state index contributed by atoms with van der Waals surface area (Å²) in [6.45, 7) is 8.67. The Morgan fingerprint density at radius 2 is 2.23 bits per heavy atom. The van der Waals surface area contributed by atoms with Gasteiger partial charge in [-0.15, -0.1) is 38.3 Å². The summed E-state index contributed by atoms with van der Waals surface area (Å²) >= 11 is 4.34. The zero-order valence-electron chi connectivity index (χ0n) is 14.4. The van der Waals surface area contributed by atoms with Gasteiger partial charge in [-0.3, -0.25) is 14.7 Å². The molecule has 3 aromatic rings. The number of carbonyl (C=O) groups is 1. The summed E-state index contributed by atoms with van der Waals surface area (Å²) in [6.07, 6.45) is 2.75. The summed E-state index contributed by atoms with van der Waals surface area (Å²) in [5.41, 5.74) is 3.97. The largest absolute Gasteiger partial charge is 0.300 e. The number of thiophene rings is 1. The van der Waals surface area contributed by atoms with Gasteiger partial charge >= 0.3 is 0 Å². The molecule has 10 heteroatoms. The molecule has 0 unspecified atom stereocenters. The first-order chi connectivity index (χ1) is 12.6. The monoisotopic (exact) mass is 406 g/mol. The highest BCUT2D eigenvalue weighted by Crippen LogP contribution is 2.32. The van der Waals surface area contributed by atoms with Crippen LogP contribution in [0.3, 0.4) is 0 Å². The van der Waals surface area contributed by atoms with Crippen molar-refractivity contribution in [2.75, 3.05) is 11.1 Å². The molecule has 0 aliphatic carbocycles. The molecule has 0 aromatic carbocycles. The topological polar surface area (TPSA) is 85.6 Å². The molecule has 3 heterocycles. The first kappa shape index (κ1) is 18.7. The van der Waals surface area contributed by atoms with E-state index in [9.17, 15) is 4.79 Å². The van der Waals surface area contributed by atoms with Gasteiger partial charge in [-0.2, -0.15) is 0 Å². The van der Waals surface area contributed by atoms with E-state index in [1.165, 1.54) is 33.5 Å². The molecule has 136 valence electrons. The maximum absolute atomic E-state index is 12.1. The van der Waals surface area contributed by atoms with E-state index in [0.29, 0.717) is 16.8 Å². The Labute approximate surface area is 163 Å². The maximum Gasteiger partial charge on any atom is 0.236 e. The molecule has 0 bridgehead atoms. The van der Waals surface area contributed by atoms with Gasteiger partial charge in [0.05, 0.1) is 5.75 Å². The van der Waals surface area contributed by atoms with Crippen LogP contribution in [-0.4, -0.2) is 36.6 Å². The normalized spacial score (nSPS) is 10.8. The van der Waals surface area contributed by atoms with Crippen LogP contribution in [0.2, 0.25) is 0 Å². The van der Waals surface area contributed by atoms with Gasteiger partial charge in [-0.1, -0.05) is 36.1 Å². The Morgan fingerprint density at radius 3 is 2.92 bits per heavy atom. The van der Waals surface area contributed by atoms with Crippen LogP contribution in [0.15, 0.2) is 28.7 Å². The third-order valence-corrected chi connectivity index (χ3v) is 6.19. The third kappa shape index (κ3) is 4.02. The number of rotatable bonds is 8. The minimum absolute atomic E-state index is 0.151. The molecule has 0 aliphatic rings. The van der Waals surface area contributed by atoms with Crippen molar-refractivity contribution in [1.82, 2.24) is 25.0 Å². The number of carbonyl (C=O) groups excluding carboxylic acids is 1. The zero-order valence-corrected chi connectivity index (χ0v) is 16.9. The van der Waals surface area contributed by atoms with E-state index in [-0.39, 0.29) is 11.7 Å². The molecular weight excluding hydrogens is 388 g/mol. The summed E-state index contributed by atoms with van der Waals surface area (Å²) < 4.78 is 2.00. The Hall–Kier alpha value is -2.04. The van der Waals surface area contributed by atoms with Crippen LogP contribution in [0, 0.1) is 6.92 Å². The lowest BCUT2D eigenvalue weighted by Crippen LogP contribution is -2.14. The molecule has 1 amide bonds. The molecule has 7 nitrogen and oxygen atoms in total. The summed E-state index contributed by atoms with van der Waals surface area (Å²) in [5, 5.41) is 22.2. The van der Waals surface area contributed by atoms with E-state index in [2.05, 4.69) is 51.5 Å². The number of hydrogen-bond donors (Lipinski definition) is 1. The lowest BCUT2D eigenvalue weighted by molar-refractivity contribution is -0.113. The second kappa shape index (κ2) is 8.56. The maximum atomic E-state index is 12.1. The first-order valence-corrected chi connectivity index (χ1v) is 10.7. The summed E-state index contributed by atoms with van der Waals surface area (Å²) in [5.74, 6) is 0.887. The highest BCUT2D eigenvalue weighted by atomic mass is 32.2. The fourth-order valence-corrected chi connectivity index (χ4v) is 4.66. The fraction of sp³-hybridized carbons (Fsp3) is 0.312. The molecule has 1 N–H and O–H groups in total. The van der Waals surface area contributed by atoms with Crippen LogP contribution >= 0.6 is 34.4 Å². The van der Waals surface area contributed by atoms with Crippen LogP contribution in [-0.2, 0) is 17.8 Å². The second-order valence-corrected chi connectivity index (χ2v) is 8.18. The van der Waals surface area contributed by atoms with Gasteiger partial charge in [0.15, 0.2) is 11.0 Å². The number of thioether (sulfide) groups is 1. The first-order valence-electron chi connectivity index (χ1n) is 7.94. The molecule has 0 radical (unpaired) electrons. The number of aromatic nitrogens is 5.